The van der Waals surface area contributed by atoms with Crippen molar-refractivity contribution in [2.24, 2.45) is 0 Å². The van der Waals surface area contributed by atoms with E-state index < -0.39 is 0 Å². The third-order valence-corrected chi connectivity index (χ3v) is 7.20. The second-order valence-electron chi connectivity index (χ2n) is 9.69. The quantitative estimate of drug-likeness (QED) is 0.288. The van der Waals surface area contributed by atoms with Crippen LogP contribution in [0.4, 0.5) is 11.4 Å². The summed E-state index contributed by atoms with van der Waals surface area (Å²) in [5.41, 5.74) is 7.88. The first-order chi connectivity index (χ1) is 18.7. The zero-order valence-corrected chi connectivity index (χ0v) is 21.0. The summed E-state index contributed by atoms with van der Waals surface area (Å²) in [4.78, 5) is 34.6. The van der Waals surface area contributed by atoms with Crippen LogP contribution >= 0.6 is 0 Å². The molecular formula is C31H29N5O2. The maximum atomic E-state index is 13.2. The van der Waals surface area contributed by atoms with Gasteiger partial charge in [0, 0.05) is 48.2 Å². The third kappa shape index (κ3) is 4.83. The number of carbonyl (C=O) groups is 2. The first kappa shape index (κ1) is 23.7. The van der Waals surface area contributed by atoms with Crippen molar-refractivity contribution in [3.63, 3.8) is 0 Å². The van der Waals surface area contributed by atoms with E-state index in [1.807, 2.05) is 59.6 Å². The van der Waals surface area contributed by atoms with E-state index >= 15 is 0 Å². The van der Waals surface area contributed by atoms with Gasteiger partial charge in [-0.05, 0) is 48.6 Å². The van der Waals surface area contributed by atoms with E-state index in [4.69, 9.17) is 0 Å². The lowest BCUT2D eigenvalue weighted by atomic mass is 9.98. The van der Waals surface area contributed by atoms with Gasteiger partial charge in [0.05, 0.1) is 23.3 Å². The molecule has 2 aliphatic rings. The highest BCUT2D eigenvalue weighted by molar-refractivity contribution is 6.37. The molecule has 7 heteroatoms. The van der Waals surface area contributed by atoms with Crippen molar-refractivity contribution in [3.8, 4) is 11.3 Å². The summed E-state index contributed by atoms with van der Waals surface area (Å²) < 4.78 is 0. The summed E-state index contributed by atoms with van der Waals surface area (Å²) in [5, 5.41) is 6.53. The third-order valence-electron chi connectivity index (χ3n) is 7.20. The summed E-state index contributed by atoms with van der Waals surface area (Å²) in [6.07, 6.45) is 7.07. The van der Waals surface area contributed by atoms with Gasteiger partial charge in [-0.2, -0.15) is 0 Å². The van der Waals surface area contributed by atoms with Crippen molar-refractivity contribution in [1.82, 2.24) is 14.9 Å². The summed E-state index contributed by atoms with van der Waals surface area (Å²) >= 11 is 0. The van der Waals surface area contributed by atoms with Crippen LogP contribution in [-0.2, 0) is 16.0 Å². The van der Waals surface area contributed by atoms with Gasteiger partial charge in [-0.1, -0.05) is 54.6 Å². The lowest BCUT2D eigenvalue weighted by Gasteiger charge is -2.26. The molecule has 3 aromatic carbocycles. The maximum absolute atomic E-state index is 13.2. The highest BCUT2D eigenvalue weighted by Crippen LogP contribution is 2.37. The van der Waals surface area contributed by atoms with Gasteiger partial charge >= 0.3 is 0 Å². The molecule has 1 fully saturated rings. The number of aromatic nitrogens is 2. The molecule has 7 nitrogen and oxygen atoms in total. The number of nitrogens with one attached hydrogen (secondary N) is 3. The first-order valence-electron chi connectivity index (χ1n) is 13.0. The van der Waals surface area contributed by atoms with E-state index in [1.165, 1.54) is 0 Å². The second kappa shape index (κ2) is 10.4. The van der Waals surface area contributed by atoms with Crippen LogP contribution in [0, 0.1) is 0 Å². The number of amides is 2. The molecule has 190 valence electrons. The standard InChI is InChI=1S/C31H29N5O2/c37-28-7-3-4-17-36(28)18-16-21-8-10-23(11-9-21)30(29-25-5-1-2-6-26(25)35-31(29)38)34-24-14-12-22(13-15-24)27-19-32-20-33-27/h1-2,5-6,8-15,19-20,34H,3-4,7,16-18H2,(H,32,33)(H,35,38)/b30-29-. The van der Waals surface area contributed by atoms with Crippen molar-refractivity contribution in [2.75, 3.05) is 23.7 Å². The van der Waals surface area contributed by atoms with Crippen LogP contribution in [0.1, 0.15) is 36.0 Å². The van der Waals surface area contributed by atoms with Crippen LogP contribution in [-0.4, -0.2) is 39.8 Å². The fourth-order valence-electron chi connectivity index (χ4n) is 5.13. The van der Waals surface area contributed by atoms with Gasteiger partial charge in [0.15, 0.2) is 0 Å². The van der Waals surface area contributed by atoms with Gasteiger partial charge < -0.3 is 20.5 Å². The van der Waals surface area contributed by atoms with E-state index in [9.17, 15) is 9.59 Å². The number of hydrogen-bond donors (Lipinski definition) is 3. The van der Waals surface area contributed by atoms with Crippen LogP contribution in [0.2, 0.25) is 0 Å². The van der Waals surface area contributed by atoms with Gasteiger partial charge in [-0.3, -0.25) is 9.59 Å². The predicted octanol–water partition coefficient (Wildman–Crippen LogP) is 5.56. The largest absolute Gasteiger partial charge is 0.354 e. The topological polar surface area (TPSA) is 90.1 Å². The number of fused-ring (bicyclic) bond motifs is 1. The maximum Gasteiger partial charge on any atom is 0.258 e. The number of H-pyrrole nitrogens is 1. The van der Waals surface area contributed by atoms with Crippen molar-refractivity contribution in [1.29, 1.82) is 0 Å². The minimum atomic E-state index is -0.130. The molecule has 0 unspecified atom stereocenters. The van der Waals surface area contributed by atoms with Crippen LogP contribution in [0.3, 0.4) is 0 Å². The molecule has 0 saturated carbocycles. The highest BCUT2D eigenvalue weighted by Gasteiger charge is 2.28. The Bertz CT molecular complexity index is 1490. The molecule has 3 N–H and O–H groups in total. The van der Waals surface area contributed by atoms with E-state index in [0.717, 1.165) is 77.4 Å². The van der Waals surface area contributed by atoms with E-state index in [2.05, 4.69) is 44.9 Å². The normalized spacial score (nSPS) is 16.3. The Hall–Kier alpha value is -4.65. The van der Waals surface area contributed by atoms with Gasteiger partial charge in [-0.15, -0.1) is 0 Å². The molecule has 0 bridgehead atoms. The highest BCUT2D eigenvalue weighted by atomic mass is 16.2. The lowest BCUT2D eigenvalue weighted by molar-refractivity contribution is -0.133. The molecule has 0 atom stereocenters. The molecule has 2 amide bonds. The van der Waals surface area contributed by atoms with E-state index in [0.29, 0.717) is 12.0 Å². The van der Waals surface area contributed by atoms with E-state index in [1.54, 1.807) is 6.33 Å². The number of aromatic amines is 1. The fraction of sp³-hybridized carbons (Fsp3) is 0.194. The summed E-state index contributed by atoms with van der Waals surface area (Å²) in [7, 11) is 0. The monoisotopic (exact) mass is 503 g/mol. The van der Waals surface area contributed by atoms with Gasteiger partial charge in [0.1, 0.15) is 0 Å². The smallest absolute Gasteiger partial charge is 0.258 e. The SMILES string of the molecule is O=C1Nc2ccccc2/C1=C(/Nc1ccc(-c2c[nH]cn2)cc1)c1ccc(CCN2CCCCC2=O)cc1. The fourth-order valence-corrected chi connectivity index (χ4v) is 5.13. The number of piperidine rings is 1. The van der Waals surface area contributed by atoms with Gasteiger partial charge in [0.25, 0.3) is 5.91 Å². The van der Waals surface area contributed by atoms with Crippen molar-refractivity contribution in [2.45, 2.75) is 25.7 Å². The number of carbonyl (C=O) groups excluding carboxylic acids is 2. The van der Waals surface area contributed by atoms with Crippen LogP contribution in [0.15, 0.2) is 85.3 Å². The Balaban J connectivity index is 1.30. The zero-order chi connectivity index (χ0) is 25.9. The Morgan fingerprint density at radius 1 is 0.947 bits per heavy atom. The Kier molecular flexibility index (Phi) is 6.48. The van der Waals surface area contributed by atoms with Gasteiger partial charge in [-0.25, -0.2) is 4.98 Å². The zero-order valence-electron chi connectivity index (χ0n) is 21.0. The van der Waals surface area contributed by atoms with Crippen molar-refractivity contribution in [3.05, 3.63) is 102 Å². The Morgan fingerprint density at radius 3 is 2.53 bits per heavy atom. The average Bonchev–Trinajstić information content (AvgIpc) is 3.60. The molecule has 38 heavy (non-hydrogen) atoms. The predicted molar refractivity (Wildman–Crippen MR) is 150 cm³/mol. The first-order valence-corrected chi connectivity index (χ1v) is 13.0. The molecular weight excluding hydrogens is 474 g/mol. The molecule has 3 heterocycles. The molecule has 0 aliphatic carbocycles. The van der Waals surface area contributed by atoms with E-state index in [-0.39, 0.29) is 11.8 Å². The van der Waals surface area contributed by atoms with Crippen LogP contribution < -0.4 is 10.6 Å². The van der Waals surface area contributed by atoms with Crippen molar-refractivity contribution >= 4 is 34.5 Å². The summed E-state index contributed by atoms with van der Waals surface area (Å²) in [6.45, 7) is 1.59. The summed E-state index contributed by atoms with van der Waals surface area (Å²) in [6, 6.07) is 24.0. The molecule has 1 aromatic heterocycles. The number of benzene rings is 3. The van der Waals surface area contributed by atoms with Crippen molar-refractivity contribution < 1.29 is 9.59 Å². The number of nitrogens with zero attached hydrogens (tertiary/aromatic N) is 2. The number of anilines is 2. The molecule has 0 spiro atoms. The Morgan fingerprint density at radius 2 is 1.76 bits per heavy atom. The average molecular weight is 504 g/mol. The number of para-hydroxylation sites is 1. The molecule has 2 aliphatic heterocycles. The molecule has 0 radical (unpaired) electrons. The second-order valence-corrected chi connectivity index (χ2v) is 9.69. The lowest BCUT2D eigenvalue weighted by Crippen LogP contribution is -2.36. The van der Waals surface area contributed by atoms with Crippen LogP contribution in [0.25, 0.3) is 22.5 Å². The number of imidazole rings is 1. The molecule has 4 aromatic rings. The summed E-state index contributed by atoms with van der Waals surface area (Å²) in [5.74, 6) is 0.128. The number of hydrogen-bond acceptors (Lipinski definition) is 4. The minimum absolute atomic E-state index is 0.130. The number of likely N-dealkylation sites (tertiary alicyclic amines) is 1. The molecule has 6 rings (SSSR count). The van der Waals surface area contributed by atoms with Gasteiger partial charge in [0.2, 0.25) is 5.91 Å². The molecule has 1 saturated heterocycles. The number of rotatable bonds is 7. The van der Waals surface area contributed by atoms with Crippen LogP contribution in [0.5, 0.6) is 0 Å². The Labute approximate surface area is 221 Å². The minimum Gasteiger partial charge on any atom is -0.354 e.